The van der Waals surface area contributed by atoms with Gasteiger partial charge in [-0.15, -0.1) is 0 Å². The van der Waals surface area contributed by atoms with Crippen LogP contribution in [-0.4, -0.2) is 25.3 Å². The van der Waals surface area contributed by atoms with Gasteiger partial charge >= 0.3 is 0 Å². The molecule has 0 aliphatic heterocycles. The van der Waals surface area contributed by atoms with E-state index in [1.165, 1.54) is 16.5 Å². The summed E-state index contributed by atoms with van der Waals surface area (Å²) >= 11 is 0. The normalized spacial score (nSPS) is 10.7. The Kier molecular flexibility index (Phi) is 3.99. The third-order valence-electron chi connectivity index (χ3n) is 3.08. The van der Waals surface area contributed by atoms with E-state index < -0.39 is 0 Å². The highest BCUT2D eigenvalue weighted by Gasteiger charge is 2.01. The molecule has 0 saturated heterocycles. The second-order valence-electron chi connectivity index (χ2n) is 4.38. The number of hydrogen-bond donors (Lipinski definition) is 1. The van der Waals surface area contributed by atoms with E-state index in [0.29, 0.717) is 0 Å². The van der Waals surface area contributed by atoms with E-state index in [-0.39, 0.29) is 6.61 Å². The quantitative estimate of drug-likeness (QED) is 0.797. The predicted molar refractivity (Wildman–Crippen MR) is 73.5 cm³/mol. The maximum Gasteiger partial charge on any atom is 0.0431 e. The van der Waals surface area contributed by atoms with Crippen LogP contribution < -0.4 is 4.90 Å². The molecule has 2 aromatic carbocycles. The zero-order valence-corrected chi connectivity index (χ0v) is 10.3. The third kappa shape index (κ3) is 2.98. The summed E-state index contributed by atoms with van der Waals surface area (Å²) in [7, 11) is 2.10. The monoisotopic (exact) mass is 229 g/mol. The molecule has 0 atom stereocenters. The van der Waals surface area contributed by atoms with Gasteiger partial charge in [-0.05, 0) is 35.7 Å². The summed E-state index contributed by atoms with van der Waals surface area (Å²) in [5.41, 5.74) is 1.24. The molecule has 0 amide bonds. The fourth-order valence-corrected chi connectivity index (χ4v) is 2.00. The minimum atomic E-state index is 0.283. The van der Waals surface area contributed by atoms with Crippen LogP contribution in [0.4, 0.5) is 5.69 Å². The maximum atomic E-state index is 8.77. The van der Waals surface area contributed by atoms with Crippen molar-refractivity contribution in [2.45, 2.75) is 12.8 Å². The number of fused-ring (bicyclic) bond motifs is 1. The lowest BCUT2D eigenvalue weighted by atomic mass is 10.1. The fraction of sp³-hybridized carbons (Fsp3) is 0.333. The number of benzene rings is 2. The van der Waals surface area contributed by atoms with Gasteiger partial charge in [-0.25, -0.2) is 0 Å². The van der Waals surface area contributed by atoms with Gasteiger partial charge in [-0.3, -0.25) is 0 Å². The summed E-state index contributed by atoms with van der Waals surface area (Å²) in [6.07, 6.45) is 1.90. The van der Waals surface area contributed by atoms with Gasteiger partial charge in [0.2, 0.25) is 0 Å². The molecule has 0 bridgehead atoms. The molecule has 0 heterocycles. The van der Waals surface area contributed by atoms with Crippen molar-refractivity contribution in [1.82, 2.24) is 0 Å². The summed E-state index contributed by atoms with van der Waals surface area (Å²) in [4.78, 5) is 2.24. The Hall–Kier alpha value is -1.54. The minimum Gasteiger partial charge on any atom is -0.396 e. The predicted octanol–water partition coefficient (Wildman–Crippen LogP) is 3.05. The Morgan fingerprint density at radius 2 is 1.76 bits per heavy atom. The molecule has 90 valence electrons. The summed E-state index contributed by atoms with van der Waals surface area (Å²) in [6.45, 7) is 1.27. The molecule has 0 aromatic heterocycles. The number of aliphatic hydroxyl groups excluding tert-OH is 1. The Balaban J connectivity index is 2.12. The highest BCUT2D eigenvalue weighted by Crippen LogP contribution is 2.21. The standard InChI is InChI=1S/C15H19NO/c1-16(10-4-5-11-17)15-9-8-13-6-2-3-7-14(13)12-15/h2-3,6-9,12,17H,4-5,10-11H2,1H3. The van der Waals surface area contributed by atoms with Crippen LogP contribution in [0.15, 0.2) is 42.5 Å². The lowest BCUT2D eigenvalue weighted by Crippen LogP contribution is -2.18. The number of aliphatic hydroxyl groups is 1. The van der Waals surface area contributed by atoms with E-state index in [1.54, 1.807) is 0 Å². The van der Waals surface area contributed by atoms with Crippen molar-refractivity contribution >= 4 is 16.5 Å². The van der Waals surface area contributed by atoms with Crippen LogP contribution in [0.5, 0.6) is 0 Å². The van der Waals surface area contributed by atoms with E-state index in [1.807, 2.05) is 0 Å². The molecule has 0 saturated carbocycles. The number of hydrogen-bond acceptors (Lipinski definition) is 2. The number of unbranched alkanes of at least 4 members (excludes halogenated alkanes) is 1. The van der Waals surface area contributed by atoms with Crippen LogP contribution >= 0.6 is 0 Å². The molecule has 2 rings (SSSR count). The smallest absolute Gasteiger partial charge is 0.0431 e. The van der Waals surface area contributed by atoms with E-state index in [0.717, 1.165) is 19.4 Å². The van der Waals surface area contributed by atoms with Crippen LogP contribution in [0.3, 0.4) is 0 Å². The Morgan fingerprint density at radius 1 is 1.00 bits per heavy atom. The first-order valence-corrected chi connectivity index (χ1v) is 6.12. The fourth-order valence-electron chi connectivity index (χ4n) is 2.00. The molecule has 0 radical (unpaired) electrons. The van der Waals surface area contributed by atoms with Gasteiger partial charge in [0.25, 0.3) is 0 Å². The number of anilines is 1. The van der Waals surface area contributed by atoms with Gasteiger partial charge in [-0.2, -0.15) is 0 Å². The first-order valence-electron chi connectivity index (χ1n) is 6.12. The molecular weight excluding hydrogens is 210 g/mol. The maximum absolute atomic E-state index is 8.77. The van der Waals surface area contributed by atoms with Gasteiger partial charge in [0.15, 0.2) is 0 Å². The van der Waals surface area contributed by atoms with Crippen molar-refractivity contribution in [2.75, 3.05) is 25.1 Å². The van der Waals surface area contributed by atoms with Crippen molar-refractivity contribution in [2.24, 2.45) is 0 Å². The van der Waals surface area contributed by atoms with Crippen LogP contribution in [-0.2, 0) is 0 Å². The first kappa shape index (κ1) is 11.9. The Bertz CT molecular complexity index is 481. The highest BCUT2D eigenvalue weighted by molar-refractivity contribution is 5.85. The van der Waals surface area contributed by atoms with Gasteiger partial charge in [0.05, 0.1) is 0 Å². The van der Waals surface area contributed by atoms with Gasteiger partial charge < -0.3 is 10.0 Å². The SMILES string of the molecule is CN(CCCCO)c1ccc2ccccc2c1. The molecule has 2 heteroatoms. The number of rotatable bonds is 5. The molecule has 0 aliphatic rings. The topological polar surface area (TPSA) is 23.5 Å². The van der Waals surface area contributed by atoms with E-state index in [9.17, 15) is 0 Å². The van der Waals surface area contributed by atoms with Crippen LogP contribution in [0, 0.1) is 0 Å². The van der Waals surface area contributed by atoms with Crippen molar-refractivity contribution in [3.8, 4) is 0 Å². The minimum absolute atomic E-state index is 0.283. The Morgan fingerprint density at radius 3 is 2.53 bits per heavy atom. The lowest BCUT2D eigenvalue weighted by molar-refractivity contribution is 0.285. The summed E-state index contributed by atoms with van der Waals surface area (Å²) in [5.74, 6) is 0. The number of nitrogens with zero attached hydrogens (tertiary/aromatic N) is 1. The van der Waals surface area contributed by atoms with Crippen LogP contribution in [0.1, 0.15) is 12.8 Å². The zero-order valence-electron chi connectivity index (χ0n) is 10.3. The van der Waals surface area contributed by atoms with Gasteiger partial charge in [0.1, 0.15) is 0 Å². The van der Waals surface area contributed by atoms with Crippen molar-refractivity contribution < 1.29 is 5.11 Å². The first-order chi connectivity index (χ1) is 8.31. The zero-order chi connectivity index (χ0) is 12.1. The largest absolute Gasteiger partial charge is 0.396 e. The lowest BCUT2D eigenvalue weighted by Gasteiger charge is -2.19. The van der Waals surface area contributed by atoms with Gasteiger partial charge in [-0.1, -0.05) is 30.3 Å². The molecular formula is C15H19NO. The third-order valence-corrected chi connectivity index (χ3v) is 3.08. The molecule has 0 unspecified atom stereocenters. The van der Waals surface area contributed by atoms with Crippen molar-refractivity contribution in [3.63, 3.8) is 0 Å². The van der Waals surface area contributed by atoms with E-state index in [4.69, 9.17) is 5.11 Å². The average molecular weight is 229 g/mol. The molecule has 0 aliphatic carbocycles. The van der Waals surface area contributed by atoms with Crippen LogP contribution in [0.2, 0.25) is 0 Å². The molecule has 2 aromatic rings. The second kappa shape index (κ2) is 5.69. The summed E-state index contributed by atoms with van der Waals surface area (Å²) in [5, 5.41) is 11.3. The highest BCUT2D eigenvalue weighted by atomic mass is 16.2. The van der Waals surface area contributed by atoms with Crippen molar-refractivity contribution in [3.05, 3.63) is 42.5 Å². The summed E-state index contributed by atoms with van der Waals surface area (Å²) in [6, 6.07) is 14.9. The molecule has 1 N–H and O–H groups in total. The van der Waals surface area contributed by atoms with E-state index >= 15 is 0 Å². The molecule has 0 spiro atoms. The molecule has 0 fully saturated rings. The van der Waals surface area contributed by atoms with Crippen LogP contribution in [0.25, 0.3) is 10.8 Å². The molecule has 17 heavy (non-hydrogen) atoms. The Labute approximate surface area is 102 Å². The summed E-state index contributed by atoms with van der Waals surface area (Å²) < 4.78 is 0. The van der Waals surface area contributed by atoms with Gasteiger partial charge in [0, 0.05) is 25.9 Å². The van der Waals surface area contributed by atoms with E-state index in [2.05, 4.69) is 54.4 Å². The average Bonchev–Trinajstić information content (AvgIpc) is 2.38. The second-order valence-corrected chi connectivity index (χ2v) is 4.38. The van der Waals surface area contributed by atoms with Crippen molar-refractivity contribution in [1.29, 1.82) is 0 Å². The molecule has 2 nitrogen and oxygen atoms in total.